The lowest BCUT2D eigenvalue weighted by molar-refractivity contribution is 0.848. The highest BCUT2D eigenvalue weighted by molar-refractivity contribution is 6.30. The van der Waals surface area contributed by atoms with Crippen molar-refractivity contribution in [1.82, 2.24) is 0 Å². The Morgan fingerprint density at radius 3 is 2.42 bits per heavy atom. The van der Waals surface area contributed by atoms with E-state index in [1.165, 1.54) is 5.56 Å². The third-order valence-electron chi connectivity index (χ3n) is 3.28. The van der Waals surface area contributed by atoms with Crippen molar-refractivity contribution in [2.45, 2.75) is 25.7 Å². The molecule has 0 fully saturated rings. The molecule has 0 spiro atoms. The van der Waals surface area contributed by atoms with Gasteiger partial charge in [-0.2, -0.15) is 5.26 Å². The summed E-state index contributed by atoms with van der Waals surface area (Å²) in [5.41, 5.74) is 3.46. The molecule has 0 N–H and O–H groups in total. The Labute approximate surface area is 119 Å². The molecular weight excluding hydrogens is 254 g/mol. The number of nitrogens with zero attached hydrogens (tertiary/aromatic N) is 1. The minimum Gasteiger partial charge on any atom is -0.198 e. The van der Waals surface area contributed by atoms with Crippen molar-refractivity contribution in [1.29, 1.82) is 5.26 Å². The first-order valence-corrected chi connectivity index (χ1v) is 6.83. The van der Waals surface area contributed by atoms with Gasteiger partial charge in [-0.1, -0.05) is 54.9 Å². The van der Waals surface area contributed by atoms with Gasteiger partial charge in [0.15, 0.2) is 0 Å². The Kier molecular flexibility index (Phi) is 4.60. The van der Waals surface area contributed by atoms with Crippen LogP contribution in [0.1, 0.15) is 29.5 Å². The van der Waals surface area contributed by atoms with E-state index < -0.39 is 0 Å². The highest BCUT2D eigenvalue weighted by atomic mass is 35.5. The number of rotatable bonds is 4. The summed E-state index contributed by atoms with van der Waals surface area (Å²) >= 11 is 5.97. The maximum Gasteiger partial charge on any atom is 0.0753 e. The first-order chi connectivity index (χ1) is 9.22. The van der Waals surface area contributed by atoms with E-state index >= 15 is 0 Å². The van der Waals surface area contributed by atoms with E-state index in [1.807, 2.05) is 24.3 Å². The lowest BCUT2D eigenvalue weighted by Gasteiger charge is -2.10. The first kappa shape index (κ1) is 13.6. The summed E-state index contributed by atoms with van der Waals surface area (Å²) < 4.78 is 0. The Bertz CT molecular complexity index is 581. The van der Waals surface area contributed by atoms with Crippen LogP contribution in [0.5, 0.6) is 0 Å². The van der Waals surface area contributed by atoms with Crippen LogP contribution in [0, 0.1) is 11.3 Å². The molecule has 0 saturated heterocycles. The summed E-state index contributed by atoms with van der Waals surface area (Å²) in [4.78, 5) is 0. The van der Waals surface area contributed by atoms with Crippen LogP contribution >= 0.6 is 11.6 Å². The van der Waals surface area contributed by atoms with Crippen molar-refractivity contribution >= 4 is 11.6 Å². The molecule has 0 saturated carbocycles. The van der Waals surface area contributed by atoms with Gasteiger partial charge in [0.05, 0.1) is 12.0 Å². The van der Waals surface area contributed by atoms with Crippen LogP contribution in [0.3, 0.4) is 0 Å². The molecule has 0 amide bonds. The van der Waals surface area contributed by atoms with Crippen LogP contribution in [-0.4, -0.2) is 0 Å². The minimum absolute atomic E-state index is 0.121. The van der Waals surface area contributed by atoms with E-state index in [1.54, 1.807) is 0 Å². The maximum atomic E-state index is 9.35. The van der Waals surface area contributed by atoms with Crippen LogP contribution < -0.4 is 0 Å². The van der Waals surface area contributed by atoms with Crippen LogP contribution in [0.2, 0.25) is 5.02 Å². The number of benzene rings is 2. The van der Waals surface area contributed by atoms with Gasteiger partial charge in [0.25, 0.3) is 0 Å². The quantitative estimate of drug-likeness (QED) is 0.786. The molecule has 2 rings (SSSR count). The Balaban J connectivity index is 2.18. The molecule has 2 heteroatoms. The lowest BCUT2D eigenvalue weighted by atomic mass is 9.92. The molecule has 0 aliphatic heterocycles. The summed E-state index contributed by atoms with van der Waals surface area (Å²) in [7, 11) is 0. The predicted octanol–water partition coefficient (Wildman–Crippen LogP) is 4.75. The Morgan fingerprint density at radius 2 is 1.84 bits per heavy atom. The van der Waals surface area contributed by atoms with Gasteiger partial charge in [-0.3, -0.25) is 0 Å². The summed E-state index contributed by atoms with van der Waals surface area (Å²) in [6, 6.07) is 18.4. The molecule has 1 atom stereocenters. The molecule has 0 aromatic heterocycles. The van der Waals surface area contributed by atoms with E-state index in [-0.39, 0.29) is 5.92 Å². The van der Waals surface area contributed by atoms with Crippen LogP contribution in [-0.2, 0) is 12.8 Å². The predicted molar refractivity (Wildman–Crippen MR) is 79.3 cm³/mol. The molecule has 0 aliphatic rings. The van der Waals surface area contributed by atoms with Gasteiger partial charge in [0, 0.05) is 5.02 Å². The SMILES string of the molecule is CCc1ccc(C(C#N)Cc2cccc(Cl)c2)cc1. The summed E-state index contributed by atoms with van der Waals surface area (Å²) in [6.07, 6.45) is 1.72. The Morgan fingerprint density at radius 1 is 1.11 bits per heavy atom. The van der Waals surface area contributed by atoms with Crippen molar-refractivity contribution in [3.63, 3.8) is 0 Å². The van der Waals surface area contributed by atoms with E-state index in [0.717, 1.165) is 22.6 Å². The minimum atomic E-state index is -0.121. The van der Waals surface area contributed by atoms with E-state index in [2.05, 4.69) is 37.3 Å². The normalized spacial score (nSPS) is 11.8. The summed E-state index contributed by atoms with van der Waals surface area (Å²) in [6.45, 7) is 2.13. The zero-order valence-corrected chi connectivity index (χ0v) is 11.7. The second-order valence-electron chi connectivity index (χ2n) is 4.61. The third kappa shape index (κ3) is 3.59. The molecule has 0 aliphatic carbocycles. The first-order valence-electron chi connectivity index (χ1n) is 6.46. The molecule has 2 aromatic carbocycles. The number of hydrogen-bond donors (Lipinski definition) is 0. The lowest BCUT2D eigenvalue weighted by Crippen LogP contribution is -2.00. The zero-order chi connectivity index (χ0) is 13.7. The smallest absolute Gasteiger partial charge is 0.0753 e. The van der Waals surface area contributed by atoms with Gasteiger partial charge in [-0.15, -0.1) is 0 Å². The van der Waals surface area contributed by atoms with Crippen LogP contribution in [0.15, 0.2) is 48.5 Å². The van der Waals surface area contributed by atoms with Crippen molar-refractivity contribution in [2.24, 2.45) is 0 Å². The summed E-state index contributed by atoms with van der Waals surface area (Å²) in [5.74, 6) is -0.121. The van der Waals surface area contributed by atoms with Gasteiger partial charge in [-0.05, 0) is 41.7 Å². The average molecular weight is 270 g/mol. The van der Waals surface area contributed by atoms with E-state index in [4.69, 9.17) is 11.6 Å². The van der Waals surface area contributed by atoms with Gasteiger partial charge >= 0.3 is 0 Å². The largest absolute Gasteiger partial charge is 0.198 e. The Hall–Kier alpha value is -1.78. The van der Waals surface area contributed by atoms with Gasteiger partial charge in [0.2, 0.25) is 0 Å². The highest BCUT2D eigenvalue weighted by Crippen LogP contribution is 2.22. The number of halogens is 1. The zero-order valence-electron chi connectivity index (χ0n) is 10.9. The molecule has 0 radical (unpaired) electrons. The third-order valence-corrected chi connectivity index (χ3v) is 3.51. The topological polar surface area (TPSA) is 23.8 Å². The maximum absolute atomic E-state index is 9.35. The number of nitriles is 1. The molecule has 0 bridgehead atoms. The second-order valence-corrected chi connectivity index (χ2v) is 5.05. The molecule has 1 unspecified atom stereocenters. The van der Waals surface area contributed by atoms with E-state index in [0.29, 0.717) is 6.42 Å². The monoisotopic (exact) mass is 269 g/mol. The fraction of sp³-hybridized carbons (Fsp3) is 0.235. The molecule has 19 heavy (non-hydrogen) atoms. The highest BCUT2D eigenvalue weighted by Gasteiger charge is 2.11. The van der Waals surface area contributed by atoms with Gasteiger partial charge in [-0.25, -0.2) is 0 Å². The number of hydrogen-bond acceptors (Lipinski definition) is 1. The molecular formula is C17H16ClN. The fourth-order valence-electron chi connectivity index (χ4n) is 2.12. The van der Waals surface area contributed by atoms with Crippen LogP contribution in [0.4, 0.5) is 0 Å². The average Bonchev–Trinajstić information content (AvgIpc) is 2.45. The summed E-state index contributed by atoms with van der Waals surface area (Å²) in [5, 5.41) is 10.1. The molecule has 96 valence electrons. The van der Waals surface area contributed by atoms with E-state index in [9.17, 15) is 5.26 Å². The van der Waals surface area contributed by atoms with Gasteiger partial charge < -0.3 is 0 Å². The molecule has 2 aromatic rings. The molecule has 1 nitrogen and oxygen atoms in total. The second kappa shape index (κ2) is 6.41. The standard InChI is InChI=1S/C17H16ClN/c1-2-13-6-8-15(9-7-13)16(12-19)10-14-4-3-5-17(18)11-14/h3-9,11,16H,2,10H2,1H3. The van der Waals surface area contributed by atoms with Crippen molar-refractivity contribution in [3.05, 3.63) is 70.2 Å². The van der Waals surface area contributed by atoms with Gasteiger partial charge in [0.1, 0.15) is 0 Å². The number of aryl methyl sites for hydroxylation is 1. The van der Waals surface area contributed by atoms with Crippen molar-refractivity contribution in [2.75, 3.05) is 0 Å². The fourth-order valence-corrected chi connectivity index (χ4v) is 2.34. The molecule has 0 heterocycles. The van der Waals surface area contributed by atoms with Crippen LogP contribution in [0.25, 0.3) is 0 Å². The van der Waals surface area contributed by atoms with Crippen molar-refractivity contribution in [3.8, 4) is 6.07 Å². The van der Waals surface area contributed by atoms with Crippen molar-refractivity contribution < 1.29 is 0 Å².